The Balaban J connectivity index is 1.72. The molecule has 0 aromatic rings. The summed E-state index contributed by atoms with van der Waals surface area (Å²) in [6.07, 6.45) is 3.13. The van der Waals surface area contributed by atoms with Gasteiger partial charge in [0.1, 0.15) is 0 Å². The molecule has 2 rings (SSSR count). The van der Waals surface area contributed by atoms with E-state index in [1.54, 1.807) is 0 Å². The Morgan fingerprint density at radius 3 is 2.62 bits per heavy atom. The van der Waals surface area contributed by atoms with Gasteiger partial charge in [0.2, 0.25) is 10.0 Å². The van der Waals surface area contributed by atoms with E-state index in [4.69, 9.17) is 4.74 Å². The molecule has 1 aliphatic heterocycles. The van der Waals surface area contributed by atoms with Crippen molar-refractivity contribution in [3.05, 3.63) is 0 Å². The molecular formula is C10H20N2O3S. The second-order valence-corrected chi connectivity index (χ2v) is 6.51. The van der Waals surface area contributed by atoms with Crippen molar-refractivity contribution in [2.45, 2.75) is 44.4 Å². The molecule has 2 aliphatic rings. The lowest BCUT2D eigenvalue weighted by atomic mass is 10.2. The van der Waals surface area contributed by atoms with E-state index >= 15 is 0 Å². The van der Waals surface area contributed by atoms with Crippen molar-refractivity contribution in [3.63, 3.8) is 0 Å². The summed E-state index contributed by atoms with van der Waals surface area (Å²) in [5.41, 5.74) is 0. The van der Waals surface area contributed by atoms with Gasteiger partial charge in [0.25, 0.3) is 0 Å². The molecule has 0 radical (unpaired) electrons. The van der Waals surface area contributed by atoms with E-state index in [0.29, 0.717) is 19.2 Å². The molecule has 2 fully saturated rings. The van der Waals surface area contributed by atoms with Crippen LogP contribution in [-0.2, 0) is 14.8 Å². The molecule has 94 valence electrons. The van der Waals surface area contributed by atoms with Gasteiger partial charge >= 0.3 is 0 Å². The molecular weight excluding hydrogens is 228 g/mol. The monoisotopic (exact) mass is 248 g/mol. The SMILES string of the molecule is CC1OCCC1NS(=O)(=O)CCNC1CC1. The highest BCUT2D eigenvalue weighted by Crippen LogP contribution is 2.18. The van der Waals surface area contributed by atoms with Gasteiger partial charge < -0.3 is 10.1 Å². The van der Waals surface area contributed by atoms with Crippen LogP contribution < -0.4 is 10.0 Å². The summed E-state index contributed by atoms with van der Waals surface area (Å²) in [6.45, 7) is 3.10. The summed E-state index contributed by atoms with van der Waals surface area (Å²) in [5.74, 6) is 0.159. The highest BCUT2D eigenvalue weighted by molar-refractivity contribution is 7.89. The smallest absolute Gasteiger partial charge is 0.213 e. The van der Waals surface area contributed by atoms with Crippen LogP contribution in [0.25, 0.3) is 0 Å². The molecule has 1 saturated carbocycles. The summed E-state index contributed by atoms with van der Waals surface area (Å²) in [5, 5.41) is 3.20. The minimum atomic E-state index is -3.16. The molecule has 1 aliphatic carbocycles. The van der Waals surface area contributed by atoms with Crippen molar-refractivity contribution < 1.29 is 13.2 Å². The van der Waals surface area contributed by atoms with Crippen molar-refractivity contribution in [2.75, 3.05) is 18.9 Å². The predicted octanol–water partition coefficient (Wildman–Crippen LogP) is -0.165. The second-order valence-electron chi connectivity index (χ2n) is 4.64. The van der Waals surface area contributed by atoms with Gasteiger partial charge in [-0.25, -0.2) is 13.1 Å². The summed E-state index contributed by atoms with van der Waals surface area (Å²) in [7, 11) is -3.16. The van der Waals surface area contributed by atoms with Gasteiger partial charge in [-0.2, -0.15) is 0 Å². The van der Waals surface area contributed by atoms with Crippen LogP contribution in [0.5, 0.6) is 0 Å². The first kappa shape index (κ1) is 12.3. The number of sulfonamides is 1. The van der Waals surface area contributed by atoms with Crippen LogP contribution in [0.1, 0.15) is 26.2 Å². The quantitative estimate of drug-likeness (QED) is 0.685. The lowest BCUT2D eigenvalue weighted by Gasteiger charge is -2.16. The minimum Gasteiger partial charge on any atom is -0.377 e. The summed E-state index contributed by atoms with van der Waals surface area (Å²) in [4.78, 5) is 0. The van der Waals surface area contributed by atoms with Crippen LogP contribution in [0.2, 0.25) is 0 Å². The zero-order chi connectivity index (χ0) is 11.6. The average Bonchev–Trinajstić information content (AvgIpc) is 2.92. The third-order valence-electron chi connectivity index (χ3n) is 3.09. The lowest BCUT2D eigenvalue weighted by molar-refractivity contribution is 0.117. The Morgan fingerprint density at radius 1 is 1.31 bits per heavy atom. The number of rotatable bonds is 6. The molecule has 16 heavy (non-hydrogen) atoms. The highest BCUT2D eigenvalue weighted by atomic mass is 32.2. The Bertz CT molecular complexity index is 327. The number of nitrogens with one attached hydrogen (secondary N) is 2. The largest absolute Gasteiger partial charge is 0.377 e. The Labute approximate surface area is 97.0 Å². The standard InChI is InChI=1S/C10H20N2O3S/c1-8-10(4-6-15-8)12-16(13,14)7-5-11-9-2-3-9/h8-12H,2-7H2,1H3. The maximum Gasteiger partial charge on any atom is 0.213 e. The highest BCUT2D eigenvalue weighted by Gasteiger charge is 2.28. The molecule has 2 N–H and O–H groups in total. The number of ether oxygens (including phenoxy) is 1. The van der Waals surface area contributed by atoms with Gasteiger partial charge in [-0.3, -0.25) is 0 Å². The van der Waals surface area contributed by atoms with E-state index in [0.717, 1.165) is 6.42 Å². The van der Waals surface area contributed by atoms with Crippen molar-refractivity contribution in [3.8, 4) is 0 Å². The van der Waals surface area contributed by atoms with E-state index in [1.807, 2.05) is 6.92 Å². The molecule has 1 heterocycles. The lowest BCUT2D eigenvalue weighted by Crippen LogP contribution is -2.42. The maximum absolute atomic E-state index is 11.7. The van der Waals surface area contributed by atoms with Crippen molar-refractivity contribution >= 4 is 10.0 Å². The maximum atomic E-state index is 11.7. The van der Waals surface area contributed by atoms with Crippen LogP contribution in [-0.4, -0.2) is 45.5 Å². The van der Waals surface area contributed by atoms with E-state index in [-0.39, 0.29) is 17.9 Å². The topological polar surface area (TPSA) is 67.4 Å². The van der Waals surface area contributed by atoms with E-state index in [9.17, 15) is 8.42 Å². The average molecular weight is 248 g/mol. The van der Waals surface area contributed by atoms with Gasteiger partial charge in [-0.05, 0) is 26.2 Å². The van der Waals surface area contributed by atoms with Crippen molar-refractivity contribution in [2.24, 2.45) is 0 Å². The summed E-state index contributed by atoms with van der Waals surface area (Å²) < 4.78 is 31.5. The molecule has 2 atom stereocenters. The third-order valence-corrected chi connectivity index (χ3v) is 4.49. The predicted molar refractivity (Wildman–Crippen MR) is 61.8 cm³/mol. The first-order valence-electron chi connectivity index (χ1n) is 5.92. The van der Waals surface area contributed by atoms with Gasteiger partial charge in [-0.1, -0.05) is 0 Å². The molecule has 0 aromatic heterocycles. The second kappa shape index (κ2) is 5.00. The van der Waals surface area contributed by atoms with Crippen molar-refractivity contribution in [1.29, 1.82) is 0 Å². The number of hydrogen-bond acceptors (Lipinski definition) is 4. The molecule has 0 bridgehead atoms. The molecule has 0 amide bonds. The van der Waals surface area contributed by atoms with Crippen LogP contribution in [0.15, 0.2) is 0 Å². The fraction of sp³-hybridized carbons (Fsp3) is 1.00. The van der Waals surface area contributed by atoms with E-state index in [2.05, 4.69) is 10.0 Å². The third kappa shape index (κ3) is 3.69. The van der Waals surface area contributed by atoms with Gasteiger partial charge in [0.05, 0.1) is 11.9 Å². The zero-order valence-corrected chi connectivity index (χ0v) is 10.4. The van der Waals surface area contributed by atoms with Gasteiger partial charge in [0.15, 0.2) is 0 Å². The summed E-state index contributed by atoms with van der Waals surface area (Å²) >= 11 is 0. The van der Waals surface area contributed by atoms with Crippen molar-refractivity contribution in [1.82, 2.24) is 10.0 Å². The van der Waals surface area contributed by atoms with Crippen LogP contribution in [0.3, 0.4) is 0 Å². The first-order chi connectivity index (χ1) is 7.57. The van der Waals surface area contributed by atoms with Gasteiger partial charge in [-0.15, -0.1) is 0 Å². The van der Waals surface area contributed by atoms with Gasteiger partial charge in [0, 0.05) is 25.2 Å². The molecule has 0 aromatic carbocycles. The van der Waals surface area contributed by atoms with Crippen LogP contribution in [0.4, 0.5) is 0 Å². The molecule has 6 heteroatoms. The fourth-order valence-corrected chi connectivity index (χ4v) is 3.14. The summed E-state index contributed by atoms with van der Waals surface area (Å²) in [6, 6.07) is 0.509. The molecule has 1 saturated heterocycles. The Kier molecular flexibility index (Phi) is 3.84. The molecule has 2 unspecified atom stereocenters. The first-order valence-corrected chi connectivity index (χ1v) is 7.57. The molecule has 0 spiro atoms. The zero-order valence-electron chi connectivity index (χ0n) is 9.61. The Morgan fingerprint density at radius 2 is 2.06 bits per heavy atom. The minimum absolute atomic E-state index is 0.00818. The van der Waals surface area contributed by atoms with E-state index < -0.39 is 10.0 Å². The number of hydrogen-bond donors (Lipinski definition) is 2. The normalized spacial score (nSPS) is 30.8. The van der Waals surface area contributed by atoms with Crippen LogP contribution >= 0.6 is 0 Å². The van der Waals surface area contributed by atoms with E-state index in [1.165, 1.54) is 12.8 Å². The Hall–Kier alpha value is -0.170. The van der Waals surface area contributed by atoms with Crippen LogP contribution in [0, 0.1) is 0 Å². The fourth-order valence-electron chi connectivity index (χ4n) is 1.86. The molecule has 5 nitrogen and oxygen atoms in total.